The van der Waals surface area contributed by atoms with Crippen LogP contribution in [-0.4, -0.2) is 30.1 Å². The quantitative estimate of drug-likeness (QED) is 0.584. The Morgan fingerprint density at radius 2 is 1.93 bits per heavy atom. The minimum absolute atomic E-state index is 0.278. The molecule has 2 nitrogen and oxygen atoms in total. The maximum Gasteiger partial charge on any atom is 0.0966 e. The molecule has 0 rings (SSSR count). The molecule has 14 heavy (non-hydrogen) atoms. The van der Waals surface area contributed by atoms with Crippen LogP contribution in [0.2, 0.25) is 0 Å². The van der Waals surface area contributed by atoms with Gasteiger partial charge in [-0.15, -0.1) is 0 Å². The van der Waals surface area contributed by atoms with Gasteiger partial charge >= 0.3 is 0 Å². The molecule has 0 bridgehead atoms. The maximum absolute atomic E-state index is 5.50. The first-order chi connectivity index (χ1) is 6.47. The second-order valence-electron chi connectivity index (χ2n) is 4.14. The summed E-state index contributed by atoms with van der Waals surface area (Å²) in [6.45, 7) is 16.6. The van der Waals surface area contributed by atoms with Gasteiger partial charge in [-0.1, -0.05) is 13.5 Å². The lowest BCUT2D eigenvalue weighted by Gasteiger charge is -2.26. The van der Waals surface area contributed by atoms with Crippen molar-refractivity contribution >= 4 is 0 Å². The van der Waals surface area contributed by atoms with Crippen LogP contribution >= 0.6 is 0 Å². The van der Waals surface area contributed by atoms with Crippen LogP contribution in [0.1, 0.15) is 41.0 Å². The van der Waals surface area contributed by atoms with Crippen LogP contribution in [0.5, 0.6) is 0 Å². The van der Waals surface area contributed by atoms with Crippen molar-refractivity contribution in [3.8, 4) is 0 Å². The second-order valence-corrected chi connectivity index (χ2v) is 4.14. The Balaban J connectivity index is 3.73. The van der Waals surface area contributed by atoms with Gasteiger partial charge in [0.1, 0.15) is 0 Å². The highest BCUT2D eigenvalue weighted by atomic mass is 16.5. The zero-order valence-corrected chi connectivity index (χ0v) is 10.3. The van der Waals surface area contributed by atoms with Crippen LogP contribution in [0.3, 0.4) is 0 Å². The molecule has 0 saturated heterocycles. The van der Waals surface area contributed by atoms with Crippen molar-refractivity contribution in [2.75, 3.05) is 13.1 Å². The van der Waals surface area contributed by atoms with Crippen LogP contribution in [-0.2, 0) is 4.74 Å². The Labute approximate surface area is 88.9 Å². The number of rotatable bonds is 7. The van der Waals surface area contributed by atoms with E-state index in [-0.39, 0.29) is 6.10 Å². The molecule has 0 aromatic heterocycles. The number of hydrogen-bond acceptors (Lipinski definition) is 2. The molecule has 0 aromatic carbocycles. The Morgan fingerprint density at radius 3 is 2.29 bits per heavy atom. The van der Waals surface area contributed by atoms with E-state index in [1.54, 1.807) is 0 Å². The summed E-state index contributed by atoms with van der Waals surface area (Å²) in [5.74, 6) is 0.810. The van der Waals surface area contributed by atoms with Crippen LogP contribution in [0.4, 0.5) is 0 Å². The molecule has 0 N–H and O–H groups in total. The van der Waals surface area contributed by atoms with Crippen LogP contribution in [0.25, 0.3) is 0 Å². The first-order valence-electron chi connectivity index (χ1n) is 5.53. The van der Waals surface area contributed by atoms with Gasteiger partial charge in [-0.2, -0.15) is 0 Å². The maximum atomic E-state index is 5.50. The smallest absolute Gasteiger partial charge is 0.0966 e. The van der Waals surface area contributed by atoms with Gasteiger partial charge in [0.2, 0.25) is 0 Å². The standard InChI is InChI=1S/C12H25NO/c1-7-13(10(2)3)9-8-12(6)14-11(4)5/h10,12H,4,7-9H2,1-3,5-6H3. The Bertz CT molecular complexity index is 166. The molecular formula is C12H25NO. The van der Waals surface area contributed by atoms with E-state index in [0.29, 0.717) is 6.04 Å². The Kier molecular flexibility index (Phi) is 6.64. The first kappa shape index (κ1) is 13.5. The lowest BCUT2D eigenvalue weighted by molar-refractivity contribution is 0.106. The summed E-state index contributed by atoms with van der Waals surface area (Å²) in [5.41, 5.74) is 0. The van der Waals surface area contributed by atoms with Gasteiger partial charge < -0.3 is 9.64 Å². The molecule has 0 spiro atoms. The molecule has 2 heteroatoms. The highest BCUT2D eigenvalue weighted by molar-refractivity contribution is 4.76. The summed E-state index contributed by atoms with van der Waals surface area (Å²) in [6, 6.07) is 0.622. The molecule has 0 heterocycles. The van der Waals surface area contributed by atoms with E-state index < -0.39 is 0 Å². The third kappa shape index (κ3) is 6.03. The van der Waals surface area contributed by atoms with Gasteiger partial charge in [0.25, 0.3) is 0 Å². The van der Waals surface area contributed by atoms with Crippen molar-refractivity contribution < 1.29 is 4.74 Å². The lowest BCUT2D eigenvalue weighted by atomic mass is 10.2. The van der Waals surface area contributed by atoms with E-state index in [1.165, 1.54) is 0 Å². The van der Waals surface area contributed by atoms with E-state index in [9.17, 15) is 0 Å². The summed E-state index contributed by atoms with van der Waals surface area (Å²) in [4.78, 5) is 2.44. The van der Waals surface area contributed by atoms with Gasteiger partial charge in [-0.05, 0) is 40.7 Å². The van der Waals surface area contributed by atoms with Crippen LogP contribution < -0.4 is 0 Å². The molecule has 0 aliphatic rings. The van der Waals surface area contributed by atoms with E-state index in [1.807, 2.05) is 6.92 Å². The third-order valence-electron chi connectivity index (χ3n) is 2.36. The molecule has 0 radical (unpaired) electrons. The largest absolute Gasteiger partial charge is 0.496 e. The van der Waals surface area contributed by atoms with E-state index >= 15 is 0 Å². The Morgan fingerprint density at radius 1 is 1.36 bits per heavy atom. The highest BCUT2D eigenvalue weighted by Gasteiger charge is 2.09. The second kappa shape index (κ2) is 6.88. The summed E-state index contributed by atoms with van der Waals surface area (Å²) >= 11 is 0. The van der Waals surface area contributed by atoms with Crippen molar-refractivity contribution in [1.29, 1.82) is 0 Å². The van der Waals surface area contributed by atoms with E-state index in [0.717, 1.165) is 25.3 Å². The van der Waals surface area contributed by atoms with E-state index in [2.05, 4.69) is 39.2 Å². The van der Waals surface area contributed by atoms with Crippen molar-refractivity contribution in [2.24, 2.45) is 0 Å². The lowest BCUT2D eigenvalue weighted by Crippen LogP contribution is -2.33. The average molecular weight is 199 g/mol. The minimum Gasteiger partial charge on any atom is -0.496 e. The SMILES string of the molecule is C=C(C)OC(C)CCN(CC)C(C)C. The molecule has 0 aliphatic heterocycles. The van der Waals surface area contributed by atoms with E-state index in [4.69, 9.17) is 4.74 Å². The van der Waals surface area contributed by atoms with Crippen molar-refractivity contribution in [3.05, 3.63) is 12.3 Å². The number of allylic oxidation sites excluding steroid dienone is 1. The molecular weight excluding hydrogens is 174 g/mol. The number of ether oxygens (including phenoxy) is 1. The topological polar surface area (TPSA) is 12.5 Å². The summed E-state index contributed by atoms with van der Waals surface area (Å²) < 4.78 is 5.50. The minimum atomic E-state index is 0.278. The molecule has 0 aromatic rings. The molecule has 0 aliphatic carbocycles. The molecule has 0 saturated carbocycles. The predicted molar refractivity (Wildman–Crippen MR) is 62.4 cm³/mol. The first-order valence-corrected chi connectivity index (χ1v) is 5.53. The van der Waals surface area contributed by atoms with Gasteiger partial charge in [0.05, 0.1) is 11.9 Å². The third-order valence-corrected chi connectivity index (χ3v) is 2.36. The van der Waals surface area contributed by atoms with Gasteiger partial charge in [-0.25, -0.2) is 0 Å². The summed E-state index contributed by atoms with van der Waals surface area (Å²) in [5, 5.41) is 0. The summed E-state index contributed by atoms with van der Waals surface area (Å²) in [7, 11) is 0. The van der Waals surface area contributed by atoms with Gasteiger partial charge in [0, 0.05) is 12.6 Å². The van der Waals surface area contributed by atoms with Crippen LogP contribution in [0.15, 0.2) is 12.3 Å². The molecule has 84 valence electrons. The monoisotopic (exact) mass is 199 g/mol. The van der Waals surface area contributed by atoms with Gasteiger partial charge in [-0.3, -0.25) is 0 Å². The zero-order valence-electron chi connectivity index (χ0n) is 10.3. The average Bonchev–Trinajstić information content (AvgIpc) is 2.03. The fraction of sp³-hybridized carbons (Fsp3) is 0.833. The normalized spacial score (nSPS) is 13.4. The zero-order chi connectivity index (χ0) is 11.1. The predicted octanol–water partition coefficient (Wildman–Crippen LogP) is 3.05. The molecule has 0 amide bonds. The number of nitrogens with zero attached hydrogens (tertiary/aromatic N) is 1. The summed E-state index contributed by atoms with van der Waals surface area (Å²) in [6.07, 6.45) is 1.35. The molecule has 1 unspecified atom stereocenters. The fourth-order valence-corrected chi connectivity index (χ4v) is 1.53. The van der Waals surface area contributed by atoms with Gasteiger partial charge in [0.15, 0.2) is 0 Å². The fourth-order valence-electron chi connectivity index (χ4n) is 1.53. The molecule has 1 atom stereocenters. The van der Waals surface area contributed by atoms with Crippen molar-refractivity contribution in [2.45, 2.75) is 53.2 Å². The molecule has 0 fully saturated rings. The highest BCUT2D eigenvalue weighted by Crippen LogP contribution is 2.06. The van der Waals surface area contributed by atoms with Crippen LogP contribution in [0, 0.1) is 0 Å². The van der Waals surface area contributed by atoms with Crippen molar-refractivity contribution in [3.63, 3.8) is 0 Å². The van der Waals surface area contributed by atoms with Crippen molar-refractivity contribution in [1.82, 2.24) is 4.90 Å². The Hall–Kier alpha value is -0.500. The number of hydrogen-bond donors (Lipinski definition) is 0.